The predicted octanol–water partition coefficient (Wildman–Crippen LogP) is 4.83. The fourth-order valence-electron chi connectivity index (χ4n) is 2.62. The second-order valence-electron chi connectivity index (χ2n) is 7.32. The van der Waals surface area contributed by atoms with Crippen molar-refractivity contribution >= 4 is 18.0 Å². The summed E-state index contributed by atoms with van der Waals surface area (Å²) in [4.78, 5) is 25.4. The lowest BCUT2D eigenvalue weighted by atomic mass is 10.2. The van der Waals surface area contributed by atoms with Crippen molar-refractivity contribution in [3.8, 4) is 5.75 Å². The number of carbonyl (C=O) groups excluding carboxylic acids is 2. The van der Waals surface area contributed by atoms with Crippen molar-refractivity contribution in [2.75, 3.05) is 6.61 Å². The van der Waals surface area contributed by atoms with Crippen LogP contribution in [0.4, 0.5) is 0 Å². The summed E-state index contributed by atoms with van der Waals surface area (Å²) in [5.74, 6) is 0.401. The maximum atomic E-state index is 12.7. The number of benzene rings is 2. The fourth-order valence-corrected chi connectivity index (χ4v) is 2.62. The molecule has 0 fully saturated rings. The van der Waals surface area contributed by atoms with E-state index in [-0.39, 0.29) is 12.3 Å². The summed E-state index contributed by atoms with van der Waals surface area (Å²) in [6, 6.07) is 19.4. The highest BCUT2D eigenvalue weighted by atomic mass is 16.5. The van der Waals surface area contributed by atoms with E-state index in [4.69, 9.17) is 13.9 Å². The molecule has 1 N–H and O–H groups in total. The standard InChI is InChI=1S/C25H25NO5/c1-18(2)16-30-21-12-10-20(11-13-21)24(27)26-23(15-22-9-6-14-29-22)25(28)31-17-19-7-4-3-5-8-19/h3-15,18H,16-17H2,1-2H3,(H,26,27)/b23-15-. The summed E-state index contributed by atoms with van der Waals surface area (Å²) in [6.07, 6.45) is 2.92. The number of hydrogen-bond donors (Lipinski definition) is 1. The topological polar surface area (TPSA) is 77.8 Å². The van der Waals surface area contributed by atoms with Gasteiger partial charge in [-0.15, -0.1) is 0 Å². The molecular formula is C25H25NO5. The molecule has 2 aromatic carbocycles. The molecule has 0 aliphatic heterocycles. The molecule has 0 saturated heterocycles. The summed E-state index contributed by atoms with van der Waals surface area (Å²) in [5, 5.41) is 2.62. The first-order valence-corrected chi connectivity index (χ1v) is 10.0. The third-order valence-corrected chi connectivity index (χ3v) is 4.21. The minimum absolute atomic E-state index is 0.0176. The maximum absolute atomic E-state index is 12.7. The Bertz CT molecular complexity index is 1010. The van der Waals surface area contributed by atoms with Gasteiger partial charge in [0.1, 0.15) is 23.8 Å². The van der Waals surface area contributed by atoms with Crippen LogP contribution in [-0.2, 0) is 16.1 Å². The van der Waals surface area contributed by atoms with Gasteiger partial charge in [-0.05, 0) is 47.9 Å². The van der Waals surface area contributed by atoms with E-state index in [1.165, 1.54) is 12.3 Å². The summed E-state index contributed by atoms with van der Waals surface area (Å²) < 4.78 is 16.3. The highest BCUT2D eigenvalue weighted by Crippen LogP contribution is 2.15. The van der Waals surface area contributed by atoms with Crippen molar-refractivity contribution in [3.05, 3.63) is 95.6 Å². The molecule has 31 heavy (non-hydrogen) atoms. The number of amides is 1. The number of nitrogens with one attached hydrogen (secondary N) is 1. The van der Waals surface area contributed by atoms with Crippen molar-refractivity contribution < 1.29 is 23.5 Å². The van der Waals surface area contributed by atoms with Gasteiger partial charge in [0.05, 0.1) is 12.9 Å². The van der Waals surface area contributed by atoms with Crippen LogP contribution < -0.4 is 10.1 Å². The van der Waals surface area contributed by atoms with Crippen LogP contribution in [0.15, 0.2) is 83.1 Å². The zero-order valence-corrected chi connectivity index (χ0v) is 17.5. The van der Waals surface area contributed by atoms with Gasteiger partial charge < -0.3 is 19.2 Å². The molecule has 0 aliphatic carbocycles. The molecule has 0 spiro atoms. The van der Waals surface area contributed by atoms with Gasteiger partial charge in [0.2, 0.25) is 0 Å². The number of carbonyl (C=O) groups is 2. The lowest BCUT2D eigenvalue weighted by molar-refractivity contribution is -0.140. The van der Waals surface area contributed by atoms with E-state index < -0.39 is 11.9 Å². The molecule has 0 unspecified atom stereocenters. The van der Waals surface area contributed by atoms with Gasteiger partial charge in [-0.3, -0.25) is 4.79 Å². The molecule has 0 aliphatic rings. The van der Waals surface area contributed by atoms with E-state index in [0.717, 1.165) is 5.56 Å². The molecule has 0 saturated carbocycles. The smallest absolute Gasteiger partial charge is 0.355 e. The molecule has 0 bridgehead atoms. The SMILES string of the molecule is CC(C)COc1ccc(C(=O)N/C(=C\c2ccco2)C(=O)OCc2ccccc2)cc1. The predicted molar refractivity (Wildman–Crippen MR) is 117 cm³/mol. The van der Waals surface area contributed by atoms with E-state index in [1.807, 2.05) is 30.3 Å². The highest BCUT2D eigenvalue weighted by Gasteiger charge is 2.17. The Balaban J connectivity index is 1.69. The van der Waals surface area contributed by atoms with E-state index in [9.17, 15) is 9.59 Å². The van der Waals surface area contributed by atoms with Gasteiger partial charge in [0.15, 0.2) is 0 Å². The first-order valence-electron chi connectivity index (χ1n) is 10.0. The van der Waals surface area contributed by atoms with E-state index in [2.05, 4.69) is 19.2 Å². The summed E-state index contributed by atoms with van der Waals surface area (Å²) in [6.45, 7) is 4.80. The minimum Gasteiger partial charge on any atom is -0.493 e. The Hall–Kier alpha value is -3.80. The van der Waals surface area contributed by atoms with Crippen LogP contribution in [0.1, 0.15) is 35.5 Å². The molecule has 160 valence electrons. The average molecular weight is 419 g/mol. The van der Waals surface area contributed by atoms with Gasteiger partial charge in [-0.1, -0.05) is 44.2 Å². The summed E-state index contributed by atoms with van der Waals surface area (Å²) in [5.41, 5.74) is 1.21. The molecule has 1 aromatic heterocycles. The third-order valence-electron chi connectivity index (χ3n) is 4.21. The average Bonchev–Trinajstić information content (AvgIpc) is 3.30. The van der Waals surface area contributed by atoms with Crippen LogP contribution in [0.25, 0.3) is 6.08 Å². The van der Waals surface area contributed by atoms with E-state index in [0.29, 0.717) is 29.6 Å². The van der Waals surface area contributed by atoms with Crippen molar-refractivity contribution in [1.29, 1.82) is 0 Å². The number of esters is 1. The Kier molecular flexibility index (Phi) is 7.65. The summed E-state index contributed by atoms with van der Waals surface area (Å²) in [7, 11) is 0. The molecule has 0 radical (unpaired) electrons. The molecule has 3 aromatic rings. The van der Waals surface area contributed by atoms with Crippen LogP contribution in [-0.4, -0.2) is 18.5 Å². The molecule has 3 rings (SSSR count). The second kappa shape index (κ2) is 10.8. The Labute approximate surface area is 181 Å². The molecule has 1 heterocycles. The van der Waals surface area contributed by atoms with Crippen LogP contribution in [0.5, 0.6) is 5.75 Å². The molecule has 1 amide bonds. The Morgan fingerprint density at radius 1 is 1.00 bits per heavy atom. The molecular weight excluding hydrogens is 394 g/mol. The second-order valence-corrected chi connectivity index (χ2v) is 7.32. The number of hydrogen-bond acceptors (Lipinski definition) is 5. The Morgan fingerprint density at radius 3 is 2.39 bits per heavy atom. The van der Waals surface area contributed by atoms with Gasteiger partial charge >= 0.3 is 5.97 Å². The van der Waals surface area contributed by atoms with Gasteiger partial charge in [0.25, 0.3) is 5.91 Å². The zero-order valence-electron chi connectivity index (χ0n) is 17.5. The van der Waals surface area contributed by atoms with Crippen LogP contribution in [0, 0.1) is 5.92 Å². The van der Waals surface area contributed by atoms with E-state index >= 15 is 0 Å². The molecule has 6 nitrogen and oxygen atoms in total. The van der Waals surface area contributed by atoms with Crippen molar-refractivity contribution in [3.63, 3.8) is 0 Å². The largest absolute Gasteiger partial charge is 0.493 e. The van der Waals surface area contributed by atoms with E-state index in [1.54, 1.807) is 36.4 Å². The van der Waals surface area contributed by atoms with Gasteiger partial charge in [-0.2, -0.15) is 0 Å². The molecule has 0 atom stereocenters. The number of rotatable bonds is 9. The highest BCUT2D eigenvalue weighted by molar-refractivity contribution is 6.03. The van der Waals surface area contributed by atoms with Crippen LogP contribution in [0.3, 0.4) is 0 Å². The van der Waals surface area contributed by atoms with Crippen molar-refractivity contribution in [2.24, 2.45) is 5.92 Å². The van der Waals surface area contributed by atoms with Gasteiger partial charge in [-0.25, -0.2) is 4.79 Å². The number of furan rings is 1. The Morgan fingerprint density at radius 2 is 1.74 bits per heavy atom. The quantitative estimate of drug-likeness (QED) is 0.397. The minimum atomic E-state index is -0.662. The van der Waals surface area contributed by atoms with Crippen molar-refractivity contribution in [1.82, 2.24) is 5.32 Å². The normalized spacial score (nSPS) is 11.3. The first kappa shape index (κ1) is 21.9. The van der Waals surface area contributed by atoms with Gasteiger partial charge in [0, 0.05) is 11.6 Å². The van der Waals surface area contributed by atoms with Crippen molar-refractivity contribution in [2.45, 2.75) is 20.5 Å². The zero-order chi connectivity index (χ0) is 22.1. The number of ether oxygens (including phenoxy) is 2. The summed E-state index contributed by atoms with van der Waals surface area (Å²) >= 11 is 0. The monoisotopic (exact) mass is 419 g/mol. The lowest BCUT2D eigenvalue weighted by Gasteiger charge is -2.11. The maximum Gasteiger partial charge on any atom is 0.355 e. The fraction of sp³-hybridized carbons (Fsp3) is 0.200. The first-order chi connectivity index (χ1) is 15.0. The van der Waals surface area contributed by atoms with Crippen LogP contribution in [0.2, 0.25) is 0 Å². The lowest BCUT2D eigenvalue weighted by Crippen LogP contribution is -2.28. The third kappa shape index (κ3) is 6.89. The molecule has 6 heteroatoms. The van der Waals surface area contributed by atoms with Crippen LogP contribution >= 0.6 is 0 Å².